The molecule has 1 aliphatic carbocycles. The van der Waals surface area contributed by atoms with Gasteiger partial charge < -0.3 is 15.1 Å². The fourth-order valence-corrected chi connectivity index (χ4v) is 2.95. The molecule has 1 heterocycles. The summed E-state index contributed by atoms with van der Waals surface area (Å²) in [5.74, 6) is -0.316. The molecule has 1 aromatic rings. The molecule has 2 aliphatic rings. The third kappa shape index (κ3) is 2.93. The molecule has 3 rings (SSSR count). The SMILES string of the molecule is Cc1ccccc1NC(=O)C1(C(=O)N2CCN(C=O)CC2)CC1. The number of nitrogens with one attached hydrogen (secondary N) is 1. The smallest absolute Gasteiger partial charge is 0.240 e. The number of nitrogens with zero attached hydrogens (tertiary/aromatic N) is 2. The first kappa shape index (κ1) is 15.5. The van der Waals surface area contributed by atoms with E-state index in [1.807, 2.05) is 31.2 Å². The van der Waals surface area contributed by atoms with Crippen molar-refractivity contribution in [3.63, 3.8) is 0 Å². The molecule has 0 spiro atoms. The summed E-state index contributed by atoms with van der Waals surface area (Å²) in [7, 11) is 0. The van der Waals surface area contributed by atoms with Crippen molar-refractivity contribution in [2.75, 3.05) is 31.5 Å². The Balaban J connectivity index is 1.67. The Morgan fingerprint density at radius 2 is 1.78 bits per heavy atom. The molecule has 0 radical (unpaired) electrons. The summed E-state index contributed by atoms with van der Waals surface area (Å²) in [5.41, 5.74) is 0.817. The van der Waals surface area contributed by atoms with Crippen molar-refractivity contribution >= 4 is 23.9 Å². The van der Waals surface area contributed by atoms with E-state index >= 15 is 0 Å². The van der Waals surface area contributed by atoms with Gasteiger partial charge in [-0.2, -0.15) is 0 Å². The van der Waals surface area contributed by atoms with Crippen LogP contribution in [0.5, 0.6) is 0 Å². The van der Waals surface area contributed by atoms with E-state index in [1.54, 1.807) is 9.80 Å². The molecule has 0 aromatic heterocycles. The molecule has 3 amide bonds. The number of aryl methyl sites for hydroxylation is 1. The maximum Gasteiger partial charge on any atom is 0.240 e. The summed E-state index contributed by atoms with van der Waals surface area (Å²) in [4.78, 5) is 39.5. The Bertz CT molecular complexity index is 632. The van der Waals surface area contributed by atoms with E-state index in [4.69, 9.17) is 0 Å². The number of para-hydroxylation sites is 1. The van der Waals surface area contributed by atoms with Crippen LogP contribution in [0.2, 0.25) is 0 Å². The highest BCUT2D eigenvalue weighted by Crippen LogP contribution is 2.48. The van der Waals surface area contributed by atoms with Crippen molar-refractivity contribution < 1.29 is 14.4 Å². The molecular formula is C17H21N3O3. The molecule has 1 aromatic carbocycles. The van der Waals surface area contributed by atoms with Crippen LogP contribution in [0.25, 0.3) is 0 Å². The lowest BCUT2D eigenvalue weighted by atomic mass is 10.0. The van der Waals surface area contributed by atoms with Crippen molar-refractivity contribution in [3.05, 3.63) is 29.8 Å². The summed E-state index contributed by atoms with van der Waals surface area (Å²) in [6, 6.07) is 7.55. The van der Waals surface area contributed by atoms with Crippen LogP contribution in [-0.4, -0.2) is 54.2 Å². The molecule has 0 atom stereocenters. The number of hydrogen-bond acceptors (Lipinski definition) is 3. The Kier molecular flexibility index (Phi) is 4.07. The first-order valence-corrected chi connectivity index (χ1v) is 7.93. The number of anilines is 1. The summed E-state index contributed by atoms with van der Waals surface area (Å²) in [6.07, 6.45) is 1.99. The van der Waals surface area contributed by atoms with Gasteiger partial charge in [-0.05, 0) is 31.4 Å². The van der Waals surface area contributed by atoms with Gasteiger partial charge in [0.15, 0.2) is 0 Å². The maximum atomic E-state index is 12.8. The number of amides is 3. The second-order valence-corrected chi connectivity index (χ2v) is 6.28. The van der Waals surface area contributed by atoms with Crippen LogP contribution in [-0.2, 0) is 14.4 Å². The minimum atomic E-state index is -0.911. The van der Waals surface area contributed by atoms with Crippen molar-refractivity contribution in [1.82, 2.24) is 9.80 Å². The van der Waals surface area contributed by atoms with Gasteiger partial charge in [0.05, 0.1) is 0 Å². The molecule has 1 N–H and O–H groups in total. The van der Waals surface area contributed by atoms with Crippen LogP contribution in [0.1, 0.15) is 18.4 Å². The zero-order valence-electron chi connectivity index (χ0n) is 13.2. The molecule has 122 valence electrons. The monoisotopic (exact) mass is 315 g/mol. The molecule has 23 heavy (non-hydrogen) atoms. The lowest BCUT2D eigenvalue weighted by Crippen LogP contribution is -2.52. The van der Waals surface area contributed by atoms with Crippen LogP contribution in [0.3, 0.4) is 0 Å². The first-order valence-electron chi connectivity index (χ1n) is 7.93. The molecule has 0 unspecified atom stereocenters. The first-order chi connectivity index (χ1) is 11.1. The van der Waals surface area contributed by atoms with Gasteiger partial charge in [0, 0.05) is 31.9 Å². The summed E-state index contributed by atoms with van der Waals surface area (Å²) in [6.45, 7) is 3.99. The molecule has 2 fully saturated rings. The normalized spacial score (nSPS) is 19.2. The standard InChI is InChI=1S/C17H21N3O3/c1-13-4-2-3-5-14(13)18-15(22)17(6-7-17)16(23)20-10-8-19(12-21)9-11-20/h2-5,12H,6-11H2,1H3,(H,18,22). The lowest BCUT2D eigenvalue weighted by Gasteiger charge is -2.34. The van der Waals surface area contributed by atoms with Crippen LogP contribution >= 0.6 is 0 Å². The molecule has 1 saturated heterocycles. The maximum absolute atomic E-state index is 12.8. The molecular weight excluding hydrogens is 294 g/mol. The minimum Gasteiger partial charge on any atom is -0.342 e. The number of carbonyl (C=O) groups is 3. The fraction of sp³-hybridized carbons (Fsp3) is 0.471. The average Bonchev–Trinajstić information content (AvgIpc) is 3.38. The summed E-state index contributed by atoms with van der Waals surface area (Å²) >= 11 is 0. The minimum absolute atomic E-state index is 0.103. The van der Waals surface area contributed by atoms with Gasteiger partial charge in [-0.25, -0.2) is 0 Å². The predicted octanol–water partition coefficient (Wildman–Crippen LogP) is 1.01. The summed E-state index contributed by atoms with van der Waals surface area (Å²) < 4.78 is 0. The van der Waals surface area contributed by atoms with E-state index in [1.165, 1.54) is 0 Å². The number of carbonyl (C=O) groups excluding carboxylic acids is 3. The third-order valence-corrected chi connectivity index (χ3v) is 4.74. The average molecular weight is 315 g/mol. The van der Waals surface area contributed by atoms with Gasteiger partial charge in [0.2, 0.25) is 18.2 Å². The van der Waals surface area contributed by atoms with Gasteiger partial charge in [0.25, 0.3) is 0 Å². The van der Waals surface area contributed by atoms with E-state index in [2.05, 4.69) is 5.32 Å². The Labute approximate surface area is 135 Å². The van der Waals surface area contributed by atoms with E-state index < -0.39 is 5.41 Å². The Morgan fingerprint density at radius 1 is 1.13 bits per heavy atom. The summed E-state index contributed by atoms with van der Waals surface area (Å²) in [5, 5.41) is 2.90. The van der Waals surface area contributed by atoms with Crippen molar-refractivity contribution in [2.24, 2.45) is 5.41 Å². The van der Waals surface area contributed by atoms with E-state index in [9.17, 15) is 14.4 Å². The van der Waals surface area contributed by atoms with E-state index in [0.717, 1.165) is 17.7 Å². The van der Waals surface area contributed by atoms with E-state index in [0.29, 0.717) is 39.0 Å². The molecule has 6 nitrogen and oxygen atoms in total. The quantitative estimate of drug-likeness (QED) is 0.666. The molecule has 0 bridgehead atoms. The van der Waals surface area contributed by atoms with Gasteiger partial charge in [-0.1, -0.05) is 18.2 Å². The number of piperazine rings is 1. The van der Waals surface area contributed by atoms with Gasteiger partial charge in [-0.15, -0.1) is 0 Å². The predicted molar refractivity (Wildman–Crippen MR) is 85.7 cm³/mol. The number of hydrogen-bond donors (Lipinski definition) is 1. The van der Waals surface area contributed by atoms with Crippen LogP contribution in [0.4, 0.5) is 5.69 Å². The zero-order chi connectivity index (χ0) is 16.4. The highest BCUT2D eigenvalue weighted by Gasteiger charge is 2.58. The van der Waals surface area contributed by atoms with Crippen molar-refractivity contribution in [1.29, 1.82) is 0 Å². The lowest BCUT2D eigenvalue weighted by molar-refractivity contribution is -0.144. The van der Waals surface area contributed by atoms with Crippen LogP contribution in [0, 0.1) is 12.3 Å². The second-order valence-electron chi connectivity index (χ2n) is 6.28. The second kappa shape index (κ2) is 6.02. The number of rotatable bonds is 4. The molecule has 1 aliphatic heterocycles. The van der Waals surface area contributed by atoms with Gasteiger partial charge >= 0.3 is 0 Å². The van der Waals surface area contributed by atoms with Crippen LogP contribution in [0.15, 0.2) is 24.3 Å². The molecule has 6 heteroatoms. The van der Waals surface area contributed by atoms with E-state index in [-0.39, 0.29) is 11.8 Å². The highest BCUT2D eigenvalue weighted by molar-refractivity contribution is 6.13. The van der Waals surface area contributed by atoms with Crippen molar-refractivity contribution in [3.8, 4) is 0 Å². The topological polar surface area (TPSA) is 69.7 Å². The van der Waals surface area contributed by atoms with Crippen molar-refractivity contribution in [2.45, 2.75) is 19.8 Å². The Morgan fingerprint density at radius 3 is 2.35 bits per heavy atom. The largest absolute Gasteiger partial charge is 0.342 e. The van der Waals surface area contributed by atoms with Gasteiger partial charge in [-0.3, -0.25) is 14.4 Å². The molecule has 1 saturated carbocycles. The number of benzene rings is 1. The highest BCUT2D eigenvalue weighted by atomic mass is 16.2. The Hall–Kier alpha value is -2.37. The van der Waals surface area contributed by atoms with Gasteiger partial charge in [0.1, 0.15) is 5.41 Å². The zero-order valence-corrected chi connectivity index (χ0v) is 13.2. The van der Waals surface area contributed by atoms with Crippen LogP contribution < -0.4 is 5.32 Å². The fourth-order valence-electron chi connectivity index (χ4n) is 2.95. The third-order valence-electron chi connectivity index (χ3n) is 4.74.